The Morgan fingerprint density at radius 2 is 2.15 bits per heavy atom. The zero-order valence-electron chi connectivity index (χ0n) is 11.7. The van der Waals surface area contributed by atoms with Crippen molar-refractivity contribution in [2.24, 2.45) is 0 Å². The van der Waals surface area contributed by atoms with Gasteiger partial charge in [-0.15, -0.1) is 0 Å². The second-order valence-corrected chi connectivity index (χ2v) is 5.26. The molecule has 3 heteroatoms. The number of nitrogens with one attached hydrogen (secondary N) is 2. The lowest BCUT2D eigenvalue weighted by atomic mass is 10.1. The zero-order chi connectivity index (χ0) is 13.8. The van der Waals surface area contributed by atoms with E-state index in [1.54, 1.807) is 6.26 Å². The third kappa shape index (κ3) is 2.94. The molecule has 20 heavy (non-hydrogen) atoms. The second-order valence-electron chi connectivity index (χ2n) is 5.26. The van der Waals surface area contributed by atoms with Crippen molar-refractivity contribution in [3.63, 3.8) is 0 Å². The Morgan fingerprint density at radius 3 is 3.00 bits per heavy atom. The molecule has 2 N–H and O–H groups in total. The van der Waals surface area contributed by atoms with Crippen LogP contribution in [-0.2, 0) is 13.0 Å². The molecule has 3 nitrogen and oxygen atoms in total. The van der Waals surface area contributed by atoms with Gasteiger partial charge in [-0.25, -0.2) is 0 Å². The Hall–Kier alpha value is -2.00. The first-order valence-electron chi connectivity index (χ1n) is 7.13. The quantitative estimate of drug-likeness (QED) is 0.712. The first-order chi connectivity index (χ1) is 9.83. The molecule has 0 saturated carbocycles. The fraction of sp³-hybridized carbons (Fsp3) is 0.294. The molecule has 0 radical (unpaired) electrons. The number of aryl methyl sites for hydroxylation is 1. The van der Waals surface area contributed by atoms with Gasteiger partial charge in [-0.2, -0.15) is 0 Å². The third-order valence-corrected chi connectivity index (χ3v) is 3.73. The normalized spacial score (nSPS) is 12.8. The lowest BCUT2D eigenvalue weighted by Gasteiger charge is -2.13. The minimum absolute atomic E-state index is 0.467. The van der Waals surface area contributed by atoms with Crippen molar-refractivity contribution in [1.29, 1.82) is 0 Å². The second kappa shape index (κ2) is 5.97. The van der Waals surface area contributed by atoms with Crippen molar-refractivity contribution in [3.8, 4) is 0 Å². The maximum atomic E-state index is 5.36. The van der Waals surface area contributed by atoms with Crippen molar-refractivity contribution < 1.29 is 4.42 Å². The molecule has 1 unspecified atom stereocenters. The van der Waals surface area contributed by atoms with Gasteiger partial charge >= 0.3 is 0 Å². The molecule has 0 amide bonds. The van der Waals surface area contributed by atoms with Crippen molar-refractivity contribution >= 4 is 10.9 Å². The van der Waals surface area contributed by atoms with Crippen LogP contribution in [0.1, 0.15) is 24.7 Å². The number of aromatic nitrogens is 1. The Kier molecular flexibility index (Phi) is 3.88. The van der Waals surface area contributed by atoms with Crippen molar-refractivity contribution in [3.05, 3.63) is 60.2 Å². The van der Waals surface area contributed by atoms with Gasteiger partial charge in [0.05, 0.1) is 6.26 Å². The number of hydrogen-bond acceptors (Lipinski definition) is 2. The molecular weight excluding hydrogens is 248 g/mol. The molecule has 0 bridgehead atoms. The van der Waals surface area contributed by atoms with Gasteiger partial charge in [0, 0.05) is 36.1 Å². The predicted octanol–water partition coefficient (Wildman–Crippen LogP) is 3.87. The average Bonchev–Trinajstić information content (AvgIpc) is 3.13. The van der Waals surface area contributed by atoms with E-state index in [0.717, 1.165) is 25.1 Å². The van der Waals surface area contributed by atoms with Crippen LogP contribution >= 0.6 is 0 Å². The molecule has 0 spiro atoms. The van der Waals surface area contributed by atoms with Crippen LogP contribution in [0.4, 0.5) is 0 Å². The van der Waals surface area contributed by atoms with Gasteiger partial charge in [-0.3, -0.25) is 0 Å². The zero-order valence-corrected chi connectivity index (χ0v) is 11.7. The van der Waals surface area contributed by atoms with Gasteiger partial charge in [-0.05, 0) is 43.2 Å². The van der Waals surface area contributed by atoms with E-state index in [2.05, 4.69) is 41.5 Å². The number of rotatable bonds is 6. The standard InChI is InChI=1S/C17H20N2O/c1-13(7-8-15-5-3-11-20-15)19-12-14-4-2-6-17-16(14)9-10-18-17/h2-6,9-11,13,18-19H,7-8,12H2,1H3. The van der Waals surface area contributed by atoms with E-state index in [1.165, 1.54) is 16.5 Å². The lowest BCUT2D eigenvalue weighted by molar-refractivity contribution is 0.460. The highest BCUT2D eigenvalue weighted by Gasteiger charge is 2.06. The van der Waals surface area contributed by atoms with E-state index in [1.807, 2.05) is 18.3 Å². The number of aromatic amines is 1. The summed E-state index contributed by atoms with van der Waals surface area (Å²) in [6.45, 7) is 3.12. The molecule has 104 valence electrons. The van der Waals surface area contributed by atoms with Gasteiger partial charge in [0.15, 0.2) is 0 Å². The Labute approximate surface area is 119 Å². The van der Waals surface area contributed by atoms with Gasteiger partial charge in [0.1, 0.15) is 5.76 Å². The molecular formula is C17H20N2O. The highest BCUT2D eigenvalue weighted by Crippen LogP contribution is 2.17. The predicted molar refractivity (Wildman–Crippen MR) is 81.6 cm³/mol. The number of hydrogen-bond donors (Lipinski definition) is 2. The minimum atomic E-state index is 0.467. The minimum Gasteiger partial charge on any atom is -0.469 e. The Bertz CT molecular complexity index is 655. The monoisotopic (exact) mass is 268 g/mol. The van der Waals surface area contributed by atoms with Crippen LogP contribution in [0, 0.1) is 0 Å². The molecule has 1 aromatic carbocycles. The molecule has 3 aromatic rings. The van der Waals surface area contributed by atoms with Crippen LogP contribution in [-0.4, -0.2) is 11.0 Å². The summed E-state index contributed by atoms with van der Waals surface area (Å²) in [5.41, 5.74) is 2.54. The lowest BCUT2D eigenvalue weighted by Crippen LogP contribution is -2.25. The topological polar surface area (TPSA) is 41.0 Å². The summed E-state index contributed by atoms with van der Waals surface area (Å²) >= 11 is 0. The smallest absolute Gasteiger partial charge is 0.103 e. The van der Waals surface area contributed by atoms with Crippen molar-refractivity contribution in [2.75, 3.05) is 0 Å². The van der Waals surface area contributed by atoms with Crippen LogP contribution < -0.4 is 5.32 Å². The first kappa shape index (κ1) is 13.0. The molecule has 0 fully saturated rings. The number of H-pyrrole nitrogens is 1. The summed E-state index contributed by atoms with van der Waals surface area (Å²) in [5.74, 6) is 1.06. The van der Waals surface area contributed by atoms with Gasteiger partial charge in [0.25, 0.3) is 0 Å². The summed E-state index contributed by atoms with van der Waals surface area (Å²) < 4.78 is 5.36. The average molecular weight is 268 g/mol. The van der Waals surface area contributed by atoms with Crippen LogP contribution in [0.5, 0.6) is 0 Å². The van der Waals surface area contributed by atoms with Gasteiger partial charge < -0.3 is 14.7 Å². The highest BCUT2D eigenvalue weighted by atomic mass is 16.3. The molecule has 2 aromatic heterocycles. The summed E-state index contributed by atoms with van der Waals surface area (Å²) in [7, 11) is 0. The summed E-state index contributed by atoms with van der Waals surface area (Å²) in [5, 5.41) is 4.89. The molecule has 0 saturated heterocycles. The largest absolute Gasteiger partial charge is 0.469 e. The molecule has 1 atom stereocenters. The van der Waals surface area contributed by atoms with Crippen molar-refractivity contribution in [2.45, 2.75) is 32.4 Å². The van der Waals surface area contributed by atoms with Crippen LogP contribution in [0.2, 0.25) is 0 Å². The molecule has 3 rings (SSSR count). The maximum absolute atomic E-state index is 5.36. The molecule has 0 aliphatic heterocycles. The van der Waals surface area contributed by atoms with E-state index < -0.39 is 0 Å². The molecule has 0 aliphatic carbocycles. The third-order valence-electron chi connectivity index (χ3n) is 3.73. The fourth-order valence-electron chi connectivity index (χ4n) is 2.50. The number of benzene rings is 1. The maximum Gasteiger partial charge on any atom is 0.103 e. The number of fused-ring (bicyclic) bond motifs is 1. The summed E-state index contributed by atoms with van der Waals surface area (Å²) in [4.78, 5) is 3.25. The first-order valence-corrected chi connectivity index (χ1v) is 7.13. The fourth-order valence-corrected chi connectivity index (χ4v) is 2.50. The number of furan rings is 1. The van der Waals surface area contributed by atoms with Crippen molar-refractivity contribution in [1.82, 2.24) is 10.3 Å². The van der Waals surface area contributed by atoms with E-state index in [4.69, 9.17) is 4.42 Å². The van der Waals surface area contributed by atoms with Crippen LogP contribution in [0.3, 0.4) is 0 Å². The van der Waals surface area contributed by atoms with E-state index in [9.17, 15) is 0 Å². The SMILES string of the molecule is CC(CCc1ccco1)NCc1cccc2[nH]ccc12. The van der Waals surface area contributed by atoms with E-state index >= 15 is 0 Å². The van der Waals surface area contributed by atoms with Gasteiger partial charge in [-0.1, -0.05) is 12.1 Å². The summed E-state index contributed by atoms with van der Waals surface area (Å²) in [6.07, 6.45) is 5.79. The Morgan fingerprint density at radius 1 is 1.20 bits per heavy atom. The highest BCUT2D eigenvalue weighted by molar-refractivity contribution is 5.82. The van der Waals surface area contributed by atoms with Crippen LogP contribution in [0.25, 0.3) is 10.9 Å². The Balaban J connectivity index is 1.55. The van der Waals surface area contributed by atoms with Gasteiger partial charge in [0.2, 0.25) is 0 Å². The van der Waals surface area contributed by atoms with Crippen LogP contribution in [0.15, 0.2) is 53.3 Å². The molecule has 2 heterocycles. The van der Waals surface area contributed by atoms with E-state index in [0.29, 0.717) is 6.04 Å². The van der Waals surface area contributed by atoms with E-state index in [-0.39, 0.29) is 0 Å². The molecule has 0 aliphatic rings. The summed E-state index contributed by atoms with van der Waals surface area (Å²) in [6, 6.07) is 13.0.